The SMILES string of the molecule is COCCn1c(=O)c2cc(NC(=O)Nc3cccc(C(=O)C(F)(F)F)c3)ccc2n(CCN2CCCCC2)c1=O. The Labute approximate surface area is 227 Å². The van der Waals surface area contributed by atoms with Gasteiger partial charge in [0.1, 0.15) is 0 Å². The smallest absolute Gasteiger partial charge is 0.383 e. The second-order valence-corrected chi connectivity index (χ2v) is 9.50. The Balaban J connectivity index is 1.59. The molecular weight excluding hydrogens is 531 g/mol. The van der Waals surface area contributed by atoms with Crippen LogP contribution in [0.5, 0.6) is 0 Å². The van der Waals surface area contributed by atoms with Crippen LogP contribution in [0.4, 0.5) is 29.3 Å². The topological polar surface area (TPSA) is 115 Å². The van der Waals surface area contributed by atoms with Crippen LogP contribution in [-0.2, 0) is 17.8 Å². The van der Waals surface area contributed by atoms with E-state index in [1.54, 1.807) is 10.6 Å². The van der Waals surface area contributed by atoms with E-state index in [9.17, 15) is 32.3 Å². The first-order valence-corrected chi connectivity index (χ1v) is 12.9. The molecule has 3 aromatic rings. The number of nitrogens with zero attached hydrogens (tertiary/aromatic N) is 3. The highest BCUT2D eigenvalue weighted by Gasteiger charge is 2.39. The van der Waals surface area contributed by atoms with Crippen molar-refractivity contribution in [2.75, 3.05) is 44.0 Å². The summed E-state index contributed by atoms with van der Waals surface area (Å²) in [5.74, 6) is -2.03. The predicted molar refractivity (Wildman–Crippen MR) is 144 cm³/mol. The predicted octanol–water partition coefficient (Wildman–Crippen LogP) is 3.68. The first-order chi connectivity index (χ1) is 19.1. The summed E-state index contributed by atoms with van der Waals surface area (Å²) in [6.45, 7) is 3.14. The number of ether oxygens (including phenoxy) is 1. The molecule has 0 bridgehead atoms. The molecule has 1 aliphatic heterocycles. The summed E-state index contributed by atoms with van der Waals surface area (Å²) in [7, 11) is 1.47. The number of amides is 2. The number of ketones is 1. The summed E-state index contributed by atoms with van der Waals surface area (Å²) in [6, 6.07) is 8.23. The van der Waals surface area contributed by atoms with Crippen molar-refractivity contribution in [3.8, 4) is 0 Å². The minimum atomic E-state index is -5.04. The van der Waals surface area contributed by atoms with Gasteiger partial charge in [-0.3, -0.25) is 18.7 Å². The Hall–Kier alpha value is -3.97. The number of benzene rings is 2. The van der Waals surface area contributed by atoms with Crippen molar-refractivity contribution in [1.82, 2.24) is 14.0 Å². The van der Waals surface area contributed by atoms with E-state index in [0.29, 0.717) is 18.6 Å². The van der Waals surface area contributed by atoms with E-state index in [2.05, 4.69) is 15.5 Å². The number of fused-ring (bicyclic) bond motifs is 1. The van der Waals surface area contributed by atoms with Crippen molar-refractivity contribution >= 4 is 34.1 Å². The maximum atomic E-state index is 13.3. The molecule has 10 nitrogen and oxygen atoms in total. The Morgan fingerprint density at radius 1 is 0.900 bits per heavy atom. The number of carbonyl (C=O) groups is 2. The van der Waals surface area contributed by atoms with E-state index in [1.807, 2.05) is 0 Å². The zero-order valence-corrected chi connectivity index (χ0v) is 21.9. The van der Waals surface area contributed by atoms with Crippen molar-refractivity contribution in [1.29, 1.82) is 0 Å². The highest BCUT2D eigenvalue weighted by molar-refractivity contribution is 6.04. The number of anilines is 2. The van der Waals surface area contributed by atoms with Crippen LogP contribution >= 0.6 is 0 Å². The van der Waals surface area contributed by atoms with Gasteiger partial charge in [0.15, 0.2) is 0 Å². The van der Waals surface area contributed by atoms with E-state index in [0.717, 1.165) is 42.6 Å². The van der Waals surface area contributed by atoms with Gasteiger partial charge < -0.3 is 20.3 Å². The number of methoxy groups -OCH3 is 1. The van der Waals surface area contributed by atoms with Crippen molar-refractivity contribution in [3.63, 3.8) is 0 Å². The molecule has 0 spiro atoms. The largest absolute Gasteiger partial charge is 0.454 e. The standard InChI is InChI=1S/C27H30F3N5O5/c1-40-15-14-35-24(37)21-17-20(8-9-22(21)34(26(35)39)13-12-33-10-3-2-4-11-33)32-25(38)31-19-7-5-6-18(16-19)23(36)27(28,29)30/h5-9,16-17H,2-4,10-15H2,1H3,(H2,31,32,38). The molecule has 2 N–H and O–H groups in total. The number of urea groups is 1. The fourth-order valence-electron chi connectivity index (χ4n) is 4.72. The van der Waals surface area contributed by atoms with E-state index < -0.39 is 34.8 Å². The minimum absolute atomic E-state index is 0.0261. The van der Waals surface area contributed by atoms with Gasteiger partial charge in [-0.15, -0.1) is 0 Å². The summed E-state index contributed by atoms with van der Waals surface area (Å²) in [4.78, 5) is 52.9. The normalized spacial score (nSPS) is 14.3. The van der Waals surface area contributed by atoms with Gasteiger partial charge in [-0.05, 0) is 56.3 Å². The van der Waals surface area contributed by atoms with E-state index in [4.69, 9.17) is 4.74 Å². The molecule has 1 fully saturated rings. The lowest BCUT2D eigenvalue weighted by molar-refractivity contribution is -0.0885. The number of alkyl halides is 3. The summed E-state index contributed by atoms with van der Waals surface area (Å²) in [5, 5.41) is 5.14. The summed E-state index contributed by atoms with van der Waals surface area (Å²) in [5.41, 5.74) is -0.974. The van der Waals surface area contributed by atoms with Crippen LogP contribution in [0.2, 0.25) is 0 Å². The molecule has 1 aliphatic rings. The lowest BCUT2D eigenvalue weighted by Gasteiger charge is -2.27. The molecule has 2 aromatic carbocycles. The number of halogens is 3. The quantitative estimate of drug-likeness (QED) is 0.386. The zero-order chi connectivity index (χ0) is 28.9. The zero-order valence-electron chi connectivity index (χ0n) is 21.9. The number of nitrogens with one attached hydrogen (secondary N) is 2. The van der Waals surface area contributed by atoms with Gasteiger partial charge in [0, 0.05) is 37.1 Å². The molecule has 4 rings (SSSR count). The van der Waals surface area contributed by atoms with Crippen molar-refractivity contribution in [2.45, 2.75) is 38.5 Å². The molecule has 0 radical (unpaired) electrons. The van der Waals surface area contributed by atoms with E-state index >= 15 is 0 Å². The molecule has 1 saturated heterocycles. The average Bonchev–Trinajstić information content (AvgIpc) is 2.93. The second kappa shape index (κ2) is 12.5. The molecule has 2 heterocycles. The van der Waals surface area contributed by atoms with Crippen LogP contribution in [-0.4, -0.2) is 65.4 Å². The molecule has 13 heteroatoms. The molecule has 1 aromatic heterocycles. The Kier molecular flexibility index (Phi) is 9.05. The lowest BCUT2D eigenvalue weighted by Crippen LogP contribution is -2.43. The molecule has 0 unspecified atom stereocenters. The fourth-order valence-corrected chi connectivity index (χ4v) is 4.72. The number of aromatic nitrogens is 2. The number of likely N-dealkylation sites (tertiary alicyclic amines) is 1. The molecule has 2 amide bonds. The van der Waals surface area contributed by atoms with Crippen LogP contribution < -0.4 is 21.9 Å². The van der Waals surface area contributed by atoms with Crippen molar-refractivity contribution < 1.29 is 27.5 Å². The number of hydrogen-bond donors (Lipinski definition) is 2. The number of carbonyl (C=O) groups excluding carboxylic acids is 2. The number of Topliss-reactive ketones (excluding diaryl/α,β-unsaturated/α-hetero) is 1. The van der Waals surface area contributed by atoms with Gasteiger partial charge in [0.05, 0.1) is 24.1 Å². The first kappa shape index (κ1) is 29.0. The minimum Gasteiger partial charge on any atom is -0.383 e. The third-order valence-electron chi connectivity index (χ3n) is 6.73. The number of rotatable bonds is 9. The molecule has 0 saturated carbocycles. The highest BCUT2D eigenvalue weighted by Crippen LogP contribution is 2.23. The van der Waals surface area contributed by atoms with Gasteiger partial charge in [-0.1, -0.05) is 18.6 Å². The van der Waals surface area contributed by atoms with Gasteiger partial charge >= 0.3 is 17.9 Å². The Morgan fingerprint density at radius 3 is 2.27 bits per heavy atom. The Bertz CT molecular complexity index is 1510. The molecule has 40 heavy (non-hydrogen) atoms. The second-order valence-electron chi connectivity index (χ2n) is 9.50. The summed E-state index contributed by atoms with van der Waals surface area (Å²) < 4.78 is 46.0. The monoisotopic (exact) mass is 561 g/mol. The maximum absolute atomic E-state index is 13.3. The summed E-state index contributed by atoms with van der Waals surface area (Å²) in [6.07, 6.45) is -1.66. The fraction of sp³-hybridized carbons (Fsp3) is 0.407. The number of piperidine rings is 1. The first-order valence-electron chi connectivity index (χ1n) is 12.9. The van der Waals surface area contributed by atoms with Crippen LogP contribution in [0.1, 0.15) is 29.6 Å². The van der Waals surface area contributed by atoms with Gasteiger partial charge in [-0.25, -0.2) is 9.59 Å². The van der Waals surface area contributed by atoms with Crippen LogP contribution in [0.3, 0.4) is 0 Å². The van der Waals surface area contributed by atoms with E-state index in [-0.39, 0.29) is 29.9 Å². The van der Waals surface area contributed by atoms with Crippen LogP contribution in [0.15, 0.2) is 52.1 Å². The number of hydrogen-bond acceptors (Lipinski definition) is 6. The van der Waals surface area contributed by atoms with Crippen molar-refractivity contribution in [3.05, 3.63) is 68.9 Å². The van der Waals surface area contributed by atoms with E-state index in [1.165, 1.54) is 37.8 Å². The Morgan fingerprint density at radius 2 is 1.60 bits per heavy atom. The lowest BCUT2D eigenvalue weighted by atomic mass is 10.1. The summed E-state index contributed by atoms with van der Waals surface area (Å²) >= 11 is 0. The van der Waals surface area contributed by atoms with Crippen LogP contribution in [0.25, 0.3) is 10.9 Å². The third kappa shape index (κ3) is 6.77. The molecular formula is C27H30F3N5O5. The molecule has 0 aliphatic carbocycles. The van der Waals surface area contributed by atoms with Gasteiger partial charge in [0.2, 0.25) is 0 Å². The van der Waals surface area contributed by atoms with Crippen molar-refractivity contribution in [2.24, 2.45) is 0 Å². The molecule has 0 atom stereocenters. The van der Waals surface area contributed by atoms with Crippen LogP contribution in [0, 0.1) is 0 Å². The van der Waals surface area contributed by atoms with Gasteiger partial charge in [0.25, 0.3) is 11.3 Å². The molecule has 214 valence electrons. The van der Waals surface area contributed by atoms with Gasteiger partial charge in [-0.2, -0.15) is 13.2 Å². The average molecular weight is 562 g/mol. The highest BCUT2D eigenvalue weighted by atomic mass is 19.4. The maximum Gasteiger partial charge on any atom is 0.454 e. The third-order valence-corrected chi connectivity index (χ3v) is 6.73.